The van der Waals surface area contributed by atoms with Crippen molar-refractivity contribution in [3.63, 3.8) is 0 Å². The molecule has 100 valence electrons. The number of nitrogens with one attached hydrogen (secondary N) is 2. The summed E-state index contributed by atoms with van der Waals surface area (Å²) in [5.74, 6) is -0.440. The van der Waals surface area contributed by atoms with Gasteiger partial charge in [0, 0.05) is 24.1 Å². The van der Waals surface area contributed by atoms with Gasteiger partial charge in [-0.05, 0) is 30.7 Å². The maximum absolute atomic E-state index is 11.6. The van der Waals surface area contributed by atoms with Crippen LogP contribution in [0.2, 0.25) is 0 Å². The number of ketones is 1. The average molecular weight is 260 g/mol. The third-order valence-corrected chi connectivity index (χ3v) is 3.11. The third kappa shape index (κ3) is 3.19. The Morgan fingerprint density at radius 1 is 1.32 bits per heavy atom. The van der Waals surface area contributed by atoms with Crippen LogP contribution in [0.3, 0.4) is 0 Å². The van der Waals surface area contributed by atoms with Gasteiger partial charge in [-0.3, -0.25) is 19.7 Å². The number of carbonyl (C=O) groups excluding carboxylic acids is 3. The van der Waals surface area contributed by atoms with Crippen molar-refractivity contribution in [3.05, 3.63) is 29.8 Å². The molecule has 5 nitrogen and oxygen atoms in total. The molecule has 0 aliphatic carbocycles. The Morgan fingerprint density at radius 2 is 2.00 bits per heavy atom. The maximum atomic E-state index is 11.6. The number of amides is 2. The summed E-state index contributed by atoms with van der Waals surface area (Å²) in [6.07, 6.45) is 1.30. The van der Waals surface area contributed by atoms with Crippen LogP contribution in [0.5, 0.6) is 0 Å². The zero-order valence-corrected chi connectivity index (χ0v) is 10.7. The second kappa shape index (κ2) is 5.65. The van der Waals surface area contributed by atoms with E-state index in [0.29, 0.717) is 24.8 Å². The fraction of sp³-hybridized carbons (Fsp3) is 0.357. The summed E-state index contributed by atoms with van der Waals surface area (Å²) in [6, 6.07) is 6.62. The number of benzene rings is 1. The number of carbonyl (C=O) groups is 3. The molecule has 1 heterocycles. The van der Waals surface area contributed by atoms with Crippen LogP contribution in [-0.2, 0) is 9.59 Å². The molecule has 19 heavy (non-hydrogen) atoms. The molecule has 1 aromatic rings. The predicted molar refractivity (Wildman–Crippen MR) is 70.9 cm³/mol. The van der Waals surface area contributed by atoms with Crippen LogP contribution < -0.4 is 10.6 Å². The summed E-state index contributed by atoms with van der Waals surface area (Å²) in [4.78, 5) is 34.1. The molecule has 0 spiro atoms. The standard InChI is InChI=1S/C14H16N2O3/c1-2-12(17)9-3-5-10(6-4-9)15-11-7-8-13(18)16-14(11)19/h3-6,11,15H,2,7-8H2,1H3,(H,16,18,19). The van der Waals surface area contributed by atoms with Gasteiger partial charge in [0.1, 0.15) is 6.04 Å². The first-order valence-corrected chi connectivity index (χ1v) is 6.33. The van der Waals surface area contributed by atoms with Crippen LogP contribution >= 0.6 is 0 Å². The molecule has 1 fully saturated rings. The van der Waals surface area contributed by atoms with E-state index in [9.17, 15) is 14.4 Å². The first-order chi connectivity index (χ1) is 9.10. The lowest BCUT2D eigenvalue weighted by molar-refractivity contribution is -0.133. The first kappa shape index (κ1) is 13.3. The molecule has 1 aromatic carbocycles. The zero-order valence-electron chi connectivity index (χ0n) is 10.7. The van der Waals surface area contributed by atoms with Crippen LogP contribution in [0.25, 0.3) is 0 Å². The molecule has 1 aliphatic rings. The Bertz CT molecular complexity index is 508. The van der Waals surface area contributed by atoms with Crippen molar-refractivity contribution in [2.75, 3.05) is 5.32 Å². The normalized spacial score (nSPS) is 18.9. The van der Waals surface area contributed by atoms with Crippen LogP contribution in [-0.4, -0.2) is 23.6 Å². The quantitative estimate of drug-likeness (QED) is 0.635. The van der Waals surface area contributed by atoms with E-state index in [0.717, 1.165) is 5.69 Å². The summed E-state index contributed by atoms with van der Waals surface area (Å²) in [6.45, 7) is 1.82. The molecule has 0 bridgehead atoms. The van der Waals surface area contributed by atoms with Crippen molar-refractivity contribution in [1.29, 1.82) is 0 Å². The monoisotopic (exact) mass is 260 g/mol. The molecular formula is C14H16N2O3. The van der Waals surface area contributed by atoms with E-state index < -0.39 is 6.04 Å². The summed E-state index contributed by atoms with van der Waals surface area (Å²) >= 11 is 0. The van der Waals surface area contributed by atoms with Crippen molar-refractivity contribution < 1.29 is 14.4 Å². The minimum absolute atomic E-state index is 0.0903. The molecule has 2 rings (SSSR count). The fourth-order valence-corrected chi connectivity index (χ4v) is 1.99. The Hall–Kier alpha value is -2.17. The van der Waals surface area contributed by atoms with Gasteiger partial charge < -0.3 is 5.32 Å². The SMILES string of the molecule is CCC(=O)c1ccc(NC2CCC(=O)NC2=O)cc1. The first-order valence-electron chi connectivity index (χ1n) is 6.33. The van der Waals surface area contributed by atoms with Gasteiger partial charge >= 0.3 is 0 Å². The van der Waals surface area contributed by atoms with E-state index in [1.54, 1.807) is 24.3 Å². The Balaban J connectivity index is 2.01. The van der Waals surface area contributed by atoms with Gasteiger partial charge in [0.2, 0.25) is 11.8 Å². The highest BCUT2D eigenvalue weighted by Crippen LogP contribution is 2.15. The molecule has 0 saturated carbocycles. The van der Waals surface area contributed by atoms with E-state index in [4.69, 9.17) is 0 Å². The van der Waals surface area contributed by atoms with Crippen molar-refractivity contribution in [1.82, 2.24) is 5.32 Å². The number of hydrogen-bond acceptors (Lipinski definition) is 4. The molecule has 1 atom stereocenters. The van der Waals surface area contributed by atoms with Crippen LogP contribution in [0.1, 0.15) is 36.5 Å². The van der Waals surface area contributed by atoms with Gasteiger partial charge in [-0.2, -0.15) is 0 Å². The number of imide groups is 1. The summed E-state index contributed by atoms with van der Waals surface area (Å²) in [7, 11) is 0. The molecule has 1 unspecified atom stereocenters. The van der Waals surface area contributed by atoms with Crippen molar-refractivity contribution in [3.8, 4) is 0 Å². The minimum atomic E-state index is -0.398. The van der Waals surface area contributed by atoms with Gasteiger partial charge in [-0.15, -0.1) is 0 Å². The maximum Gasteiger partial charge on any atom is 0.249 e. The Labute approximate surface area is 111 Å². The van der Waals surface area contributed by atoms with Gasteiger partial charge in [-0.1, -0.05) is 6.92 Å². The second-order valence-corrected chi connectivity index (χ2v) is 4.50. The molecule has 5 heteroatoms. The summed E-state index contributed by atoms with van der Waals surface area (Å²) < 4.78 is 0. The lowest BCUT2D eigenvalue weighted by Gasteiger charge is -2.22. The van der Waals surface area contributed by atoms with Crippen LogP contribution in [0.4, 0.5) is 5.69 Å². The topological polar surface area (TPSA) is 75.3 Å². The summed E-state index contributed by atoms with van der Waals surface area (Å²) in [5.41, 5.74) is 1.43. The van der Waals surface area contributed by atoms with Crippen LogP contribution in [0, 0.1) is 0 Å². The second-order valence-electron chi connectivity index (χ2n) is 4.50. The van der Waals surface area contributed by atoms with Gasteiger partial charge in [0.05, 0.1) is 0 Å². The third-order valence-electron chi connectivity index (χ3n) is 3.11. The largest absolute Gasteiger partial charge is 0.374 e. The van der Waals surface area contributed by atoms with E-state index >= 15 is 0 Å². The highest BCUT2D eigenvalue weighted by atomic mass is 16.2. The summed E-state index contributed by atoms with van der Waals surface area (Å²) in [5, 5.41) is 5.35. The Kier molecular flexibility index (Phi) is 3.94. The molecule has 1 aliphatic heterocycles. The van der Waals surface area contributed by atoms with Gasteiger partial charge in [0.15, 0.2) is 5.78 Å². The molecule has 1 saturated heterocycles. The average Bonchev–Trinajstić information content (AvgIpc) is 2.42. The number of piperidine rings is 1. The van der Waals surface area contributed by atoms with Crippen molar-refractivity contribution >= 4 is 23.3 Å². The van der Waals surface area contributed by atoms with Crippen molar-refractivity contribution in [2.45, 2.75) is 32.2 Å². The smallest absolute Gasteiger partial charge is 0.249 e. The number of Topliss-reactive ketones (excluding diaryl/α,β-unsaturated/α-hetero) is 1. The zero-order chi connectivity index (χ0) is 13.8. The van der Waals surface area contributed by atoms with E-state index in [1.807, 2.05) is 6.92 Å². The van der Waals surface area contributed by atoms with Gasteiger partial charge in [0.25, 0.3) is 0 Å². The molecular weight excluding hydrogens is 244 g/mol. The molecule has 0 radical (unpaired) electrons. The molecule has 2 N–H and O–H groups in total. The molecule has 2 amide bonds. The van der Waals surface area contributed by atoms with E-state index in [-0.39, 0.29) is 17.6 Å². The Morgan fingerprint density at radius 3 is 2.58 bits per heavy atom. The minimum Gasteiger partial charge on any atom is -0.374 e. The molecule has 0 aromatic heterocycles. The van der Waals surface area contributed by atoms with Crippen LogP contribution in [0.15, 0.2) is 24.3 Å². The lowest BCUT2D eigenvalue weighted by Crippen LogP contribution is -2.47. The lowest BCUT2D eigenvalue weighted by atomic mass is 10.0. The highest BCUT2D eigenvalue weighted by molar-refractivity contribution is 6.01. The van der Waals surface area contributed by atoms with Gasteiger partial charge in [-0.25, -0.2) is 0 Å². The van der Waals surface area contributed by atoms with E-state index in [2.05, 4.69) is 10.6 Å². The number of rotatable bonds is 4. The highest BCUT2D eigenvalue weighted by Gasteiger charge is 2.26. The number of hydrogen-bond donors (Lipinski definition) is 2. The predicted octanol–water partition coefficient (Wildman–Crippen LogP) is 1.50. The fourth-order valence-electron chi connectivity index (χ4n) is 1.99. The van der Waals surface area contributed by atoms with E-state index in [1.165, 1.54) is 0 Å². The van der Waals surface area contributed by atoms with Crippen molar-refractivity contribution in [2.24, 2.45) is 0 Å². The number of anilines is 1.